The third kappa shape index (κ3) is 39.7. The van der Waals surface area contributed by atoms with Gasteiger partial charge in [-0.05, 0) is 89.9 Å². The highest BCUT2D eigenvalue weighted by Crippen LogP contribution is 2.12. The highest BCUT2D eigenvalue weighted by atomic mass is 16.6. The number of rotatable bonds is 40. The van der Waals surface area contributed by atoms with E-state index in [0.717, 1.165) is 83.5 Å². The summed E-state index contributed by atoms with van der Waals surface area (Å²) < 4.78 is 17.2. The van der Waals surface area contributed by atoms with Crippen LogP contribution in [0.5, 0.6) is 0 Å². The molecule has 8 heteroatoms. The van der Waals surface area contributed by atoms with Gasteiger partial charge in [0.1, 0.15) is 6.61 Å². The molecule has 2 unspecified atom stereocenters. The molecule has 0 spiro atoms. The Morgan fingerprint density at radius 3 is 1.46 bits per heavy atom. The van der Waals surface area contributed by atoms with Crippen molar-refractivity contribution < 1.29 is 38.2 Å². The molecule has 0 rings (SSSR count). The fourth-order valence-corrected chi connectivity index (χ4v) is 6.21. The number of hydrogen-bond donors (Lipinski definition) is 1. The van der Waals surface area contributed by atoms with Gasteiger partial charge in [-0.3, -0.25) is 9.59 Å². The molecule has 0 aromatic rings. The topological polar surface area (TPSA) is 99.1 Å². The Morgan fingerprint density at radius 1 is 0.525 bits per heavy atom. The first kappa shape index (κ1) is 55.5. The summed E-state index contributed by atoms with van der Waals surface area (Å²) in [7, 11) is 5.50. The summed E-state index contributed by atoms with van der Waals surface area (Å²) in [4.78, 5) is 37.0. The molecular formula is C51H86NO7+. The summed E-state index contributed by atoms with van der Waals surface area (Å²) >= 11 is 0. The van der Waals surface area contributed by atoms with E-state index in [2.05, 4.69) is 98.9 Å². The van der Waals surface area contributed by atoms with Crippen molar-refractivity contribution in [3.63, 3.8) is 0 Å². The Kier molecular flexibility index (Phi) is 38.8. The van der Waals surface area contributed by atoms with Crippen LogP contribution in [0.1, 0.15) is 168 Å². The van der Waals surface area contributed by atoms with E-state index in [1.165, 1.54) is 44.9 Å². The van der Waals surface area contributed by atoms with Gasteiger partial charge in [-0.1, -0.05) is 144 Å². The number of carbonyl (C=O) groups is 3. The Balaban J connectivity index is 4.43. The number of carbonyl (C=O) groups excluding carboxylic acids is 2. The largest absolute Gasteiger partial charge is 0.477 e. The van der Waals surface area contributed by atoms with E-state index in [-0.39, 0.29) is 36.2 Å². The van der Waals surface area contributed by atoms with Crippen LogP contribution in [0.2, 0.25) is 0 Å². The van der Waals surface area contributed by atoms with Crippen LogP contribution in [0.3, 0.4) is 0 Å². The second-order valence-electron chi connectivity index (χ2n) is 16.3. The lowest BCUT2D eigenvalue weighted by Gasteiger charge is -2.31. The highest BCUT2D eigenvalue weighted by Gasteiger charge is 2.31. The van der Waals surface area contributed by atoms with Crippen molar-refractivity contribution in [1.82, 2.24) is 0 Å². The molecule has 0 saturated carbocycles. The zero-order chi connectivity index (χ0) is 43.5. The van der Waals surface area contributed by atoms with E-state index in [1.54, 1.807) is 0 Å². The summed E-state index contributed by atoms with van der Waals surface area (Å²) in [6.45, 7) is 4.54. The molecule has 0 fully saturated rings. The van der Waals surface area contributed by atoms with Gasteiger partial charge in [0.15, 0.2) is 12.1 Å². The lowest BCUT2D eigenvalue weighted by Crippen LogP contribution is -2.50. The molecule has 0 saturated heterocycles. The molecule has 0 aromatic carbocycles. The smallest absolute Gasteiger partial charge is 0.362 e. The standard InChI is InChI=1S/C51H85NO7/c1-6-8-10-12-14-16-18-20-22-23-24-25-26-27-28-30-31-33-35-37-39-41-49(53)58-46-47(45-57-44-43-48(51(55)56)52(3,4)5)59-50(54)42-40-38-36-34-32-29-21-19-17-15-13-11-9-7-2/h8,10,14,16,20,22,24-25,27-29,31-33,47-48H,6-7,9,11-13,15,17-19,21,23,26,30,34-46H2,1-5H3/p+1/b10-8+,16-14+,22-20+,25-24+,28-27+,32-29+,33-31+. The third-order valence-electron chi connectivity index (χ3n) is 9.78. The number of quaternary nitrogens is 1. The molecule has 0 aromatic heterocycles. The van der Waals surface area contributed by atoms with Crippen LogP contribution >= 0.6 is 0 Å². The van der Waals surface area contributed by atoms with Crippen molar-refractivity contribution in [3.8, 4) is 0 Å². The number of unbranched alkanes of at least 4 members (excludes halogenated alkanes) is 12. The zero-order valence-electron chi connectivity index (χ0n) is 38.2. The number of hydrogen-bond acceptors (Lipinski definition) is 6. The molecule has 59 heavy (non-hydrogen) atoms. The summed E-state index contributed by atoms with van der Waals surface area (Å²) in [6, 6.07) is -0.628. The quantitative estimate of drug-likeness (QED) is 0.0284. The van der Waals surface area contributed by atoms with Gasteiger partial charge in [0.05, 0.1) is 34.4 Å². The van der Waals surface area contributed by atoms with Gasteiger partial charge >= 0.3 is 17.9 Å². The fraction of sp³-hybridized carbons (Fsp3) is 0.667. The maximum Gasteiger partial charge on any atom is 0.362 e. The van der Waals surface area contributed by atoms with Crippen LogP contribution in [0.25, 0.3) is 0 Å². The van der Waals surface area contributed by atoms with Crippen molar-refractivity contribution in [2.75, 3.05) is 41.0 Å². The Hall–Kier alpha value is -3.49. The first-order valence-corrected chi connectivity index (χ1v) is 23.1. The second kappa shape index (κ2) is 41.3. The minimum absolute atomic E-state index is 0.0364. The van der Waals surface area contributed by atoms with Crippen LogP contribution < -0.4 is 0 Å². The molecule has 0 aliphatic heterocycles. The van der Waals surface area contributed by atoms with Crippen LogP contribution in [0.15, 0.2) is 85.1 Å². The summed E-state index contributed by atoms with van der Waals surface area (Å²) in [5.74, 6) is -1.55. The van der Waals surface area contributed by atoms with E-state index in [0.29, 0.717) is 25.7 Å². The number of ether oxygens (including phenoxy) is 3. The van der Waals surface area contributed by atoms with Crippen molar-refractivity contribution in [1.29, 1.82) is 0 Å². The van der Waals surface area contributed by atoms with E-state index >= 15 is 0 Å². The Labute approximate surface area is 361 Å². The monoisotopic (exact) mass is 825 g/mol. The number of aliphatic carboxylic acids is 1. The van der Waals surface area contributed by atoms with Crippen LogP contribution in [-0.4, -0.2) is 80.6 Å². The number of likely N-dealkylation sites (N-methyl/N-ethyl adjacent to an activating group) is 1. The number of carboxylic acid groups (broad SMARTS) is 1. The van der Waals surface area contributed by atoms with E-state index in [4.69, 9.17) is 14.2 Å². The van der Waals surface area contributed by atoms with Crippen molar-refractivity contribution in [2.45, 2.75) is 180 Å². The number of allylic oxidation sites excluding steroid dienone is 14. The van der Waals surface area contributed by atoms with Crippen molar-refractivity contribution in [3.05, 3.63) is 85.1 Å². The number of esters is 2. The van der Waals surface area contributed by atoms with Crippen molar-refractivity contribution >= 4 is 17.9 Å². The molecule has 2 atom stereocenters. The maximum absolute atomic E-state index is 12.7. The van der Waals surface area contributed by atoms with Gasteiger partial charge < -0.3 is 23.8 Å². The molecule has 0 aliphatic carbocycles. The van der Waals surface area contributed by atoms with E-state index in [9.17, 15) is 19.5 Å². The molecule has 8 nitrogen and oxygen atoms in total. The molecule has 0 bridgehead atoms. The van der Waals surface area contributed by atoms with Gasteiger partial charge in [-0.25, -0.2) is 4.79 Å². The van der Waals surface area contributed by atoms with Crippen LogP contribution in [0.4, 0.5) is 0 Å². The predicted octanol–water partition coefficient (Wildman–Crippen LogP) is 12.9. The molecule has 0 aliphatic rings. The number of nitrogens with zero attached hydrogens (tertiary/aromatic N) is 1. The van der Waals surface area contributed by atoms with E-state index in [1.807, 2.05) is 21.1 Å². The second-order valence-corrected chi connectivity index (χ2v) is 16.3. The lowest BCUT2D eigenvalue weighted by molar-refractivity contribution is -0.887. The zero-order valence-corrected chi connectivity index (χ0v) is 38.2. The van der Waals surface area contributed by atoms with Gasteiger partial charge in [-0.2, -0.15) is 0 Å². The third-order valence-corrected chi connectivity index (χ3v) is 9.78. The van der Waals surface area contributed by atoms with Gasteiger partial charge in [0.25, 0.3) is 0 Å². The molecule has 0 amide bonds. The molecule has 0 radical (unpaired) electrons. The lowest BCUT2D eigenvalue weighted by atomic mass is 10.1. The summed E-state index contributed by atoms with van der Waals surface area (Å²) in [6.07, 6.45) is 53.5. The fourth-order valence-electron chi connectivity index (χ4n) is 6.21. The first-order valence-electron chi connectivity index (χ1n) is 23.1. The summed E-state index contributed by atoms with van der Waals surface area (Å²) in [5.41, 5.74) is 0. The summed E-state index contributed by atoms with van der Waals surface area (Å²) in [5, 5.41) is 9.62. The van der Waals surface area contributed by atoms with Crippen LogP contribution in [-0.2, 0) is 28.6 Å². The van der Waals surface area contributed by atoms with Crippen molar-refractivity contribution in [2.24, 2.45) is 0 Å². The molecule has 336 valence electrons. The SMILES string of the molecule is CC/C=C/C/C=C/C/C=C/C/C=C/C/C=C/C/C=C/CCCCC(=O)OCC(COCCC(C(=O)O)[N+](C)(C)C)OC(=O)CCCCC/C=C/CCCCCCCCC. The van der Waals surface area contributed by atoms with Gasteiger partial charge in [0, 0.05) is 19.3 Å². The Morgan fingerprint density at radius 2 is 0.949 bits per heavy atom. The van der Waals surface area contributed by atoms with E-state index < -0.39 is 18.1 Å². The molecular weight excluding hydrogens is 739 g/mol. The minimum atomic E-state index is -0.887. The average Bonchev–Trinajstić information content (AvgIpc) is 3.19. The highest BCUT2D eigenvalue weighted by molar-refractivity contribution is 5.72. The predicted molar refractivity (Wildman–Crippen MR) is 247 cm³/mol. The number of carboxylic acids is 1. The normalized spacial score (nSPS) is 13.7. The Bertz CT molecular complexity index is 1240. The molecule has 1 N–H and O–H groups in total. The molecule has 0 heterocycles. The van der Waals surface area contributed by atoms with Gasteiger partial charge in [-0.15, -0.1) is 0 Å². The minimum Gasteiger partial charge on any atom is -0.477 e. The first-order chi connectivity index (χ1) is 28.6. The maximum atomic E-state index is 12.7. The average molecular weight is 825 g/mol. The van der Waals surface area contributed by atoms with Crippen LogP contribution in [0, 0.1) is 0 Å². The van der Waals surface area contributed by atoms with Gasteiger partial charge in [0.2, 0.25) is 0 Å².